The first-order valence-electron chi connectivity index (χ1n) is 4.58. The number of ether oxygens (including phenoxy) is 1. The Labute approximate surface area is 75.8 Å². The zero-order chi connectivity index (χ0) is 9.22. The summed E-state index contributed by atoms with van der Waals surface area (Å²) in [7, 11) is 0. The molecule has 1 aliphatic heterocycles. The van der Waals surface area contributed by atoms with E-state index in [-0.39, 0.29) is 29.7 Å². The Kier molecular flexibility index (Phi) is 1.05. The molecule has 0 spiro atoms. The van der Waals surface area contributed by atoms with Gasteiger partial charge in [-0.3, -0.25) is 9.59 Å². The van der Waals surface area contributed by atoms with Gasteiger partial charge in [0.15, 0.2) is 0 Å². The number of fused-ring (bicyclic) bond motifs is 5. The van der Waals surface area contributed by atoms with Crippen LogP contribution in [0.15, 0.2) is 12.2 Å². The van der Waals surface area contributed by atoms with E-state index in [9.17, 15) is 9.59 Å². The lowest BCUT2D eigenvalue weighted by molar-refractivity contribution is -0.156. The fraction of sp³-hybridized carbons (Fsp3) is 0.600. The Morgan fingerprint density at radius 1 is 1.46 bits per heavy atom. The summed E-state index contributed by atoms with van der Waals surface area (Å²) in [6.45, 7) is 1.86. The SMILES string of the molecule is C[C@]12C(=O)OC(=O)[C@H]1[C@@H]1C=C[C@@H]2C1. The van der Waals surface area contributed by atoms with Crippen LogP contribution >= 0.6 is 0 Å². The van der Waals surface area contributed by atoms with Crippen LogP contribution in [0.3, 0.4) is 0 Å². The molecule has 0 aromatic rings. The number of cyclic esters (lactones) is 2. The number of hydrogen-bond donors (Lipinski definition) is 0. The molecule has 3 aliphatic rings. The Hall–Kier alpha value is -1.12. The fourth-order valence-electron chi connectivity index (χ4n) is 3.06. The van der Waals surface area contributed by atoms with E-state index in [4.69, 9.17) is 4.74 Å². The molecule has 3 rings (SSSR count). The second-order valence-corrected chi connectivity index (χ2v) is 4.36. The van der Waals surface area contributed by atoms with Gasteiger partial charge in [-0.05, 0) is 25.2 Å². The van der Waals surface area contributed by atoms with Crippen molar-refractivity contribution < 1.29 is 14.3 Å². The molecule has 13 heavy (non-hydrogen) atoms. The number of carbonyl (C=O) groups excluding carboxylic acids is 2. The highest BCUT2D eigenvalue weighted by Crippen LogP contribution is 2.59. The van der Waals surface area contributed by atoms with Crippen molar-refractivity contribution in [2.24, 2.45) is 23.2 Å². The van der Waals surface area contributed by atoms with Gasteiger partial charge in [-0.25, -0.2) is 0 Å². The monoisotopic (exact) mass is 178 g/mol. The van der Waals surface area contributed by atoms with Crippen LogP contribution < -0.4 is 0 Å². The van der Waals surface area contributed by atoms with Crippen LogP contribution in [0.25, 0.3) is 0 Å². The Balaban J connectivity index is 2.17. The molecular formula is C10H10O3. The maximum atomic E-state index is 11.5. The second-order valence-electron chi connectivity index (χ2n) is 4.36. The molecule has 0 unspecified atom stereocenters. The van der Waals surface area contributed by atoms with E-state index in [0.717, 1.165) is 6.42 Å². The number of allylic oxidation sites excluding steroid dienone is 2. The molecular weight excluding hydrogens is 168 g/mol. The molecule has 1 saturated carbocycles. The molecule has 2 bridgehead atoms. The smallest absolute Gasteiger partial charge is 0.320 e. The largest absolute Gasteiger partial charge is 0.392 e. The maximum Gasteiger partial charge on any atom is 0.320 e. The minimum atomic E-state index is -0.545. The third-order valence-corrected chi connectivity index (χ3v) is 3.85. The standard InChI is InChI=1S/C10H10O3/c1-10-6-3-2-5(4-6)7(10)8(11)13-9(10)12/h2-3,5-7H,4H2,1H3/t5-,6-,7-,10-/m1/s1. The average Bonchev–Trinajstić information content (AvgIpc) is 2.66. The van der Waals surface area contributed by atoms with E-state index in [1.807, 2.05) is 6.92 Å². The van der Waals surface area contributed by atoms with Crippen molar-refractivity contribution in [2.75, 3.05) is 0 Å². The van der Waals surface area contributed by atoms with Crippen molar-refractivity contribution in [2.45, 2.75) is 13.3 Å². The van der Waals surface area contributed by atoms with Crippen LogP contribution in [-0.4, -0.2) is 11.9 Å². The first kappa shape index (κ1) is 7.30. The van der Waals surface area contributed by atoms with Gasteiger partial charge in [0.1, 0.15) is 0 Å². The summed E-state index contributed by atoms with van der Waals surface area (Å²) in [6.07, 6.45) is 5.06. The van der Waals surface area contributed by atoms with Gasteiger partial charge in [0.05, 0.1) is 11.3 Å². The van der Waals surface area contributed by atoms with Crippen molar-refractivity contribution in [1.82, 2.24) is 0 Å². The van der Waals surface area contributed by atoms with E-state index >= 15 is 0 Å². The predicted molar refractivity (Wildman–Crippen MR) is 43.4 cm³/mol. The molecule has 1 saturated heterocycles. The lowest BCUT2D eigenvalue weighted by Crippen LogP contribution is -2.34. The molecule has 0 radical (unpaired) electrons. The van der Waals surface area contributed by atoms with Crippen LogP contribution in [0.1, 0.15) is 13.3 Å². The molecule has 3 nitrogen and oxygen atoms in total. The minimum absolute atomic E-state index is 0.199. The van der Waals surface area contributed by atoms with Crippen molar-refractivity contribution >= 4 is 11.9 Å². The van der Waals surface area contributed by atoms with E-state index in [2.05, 4.69) is 12.2 Å². The van der Waals surface area contributed by atoms with Crippen LogP contribution in [0.2, 0.25) is 0 Å². The molecule has 1 heterocycles. The number of rotatable bonds is 0. The van der Waals surface area contributed by atoms with Crippen molar-refractivity contribution in [3.63, 3.8) is 0 Å². The molecule has 0 amide bonds. The first-order valence-corrected chi connectivity index (χ1v) is 4.58. The summed E-state index contributed by atoms with van der Waals surface area (Å²) in [5.41, 5.74) is -0.545. The predicted octanol–water partition coefficient (Wildman–Crippen LogP) is 0.898. The first-order chi connectivity index (χ1) is 6.14. The second kappa shape index (κ2) is 1.86. The lowest BCUT2D eigenvalue weighted by atomic mass is 9.72. The number of carbonyl (C=O) groups is 2. The molecule has 2 fully saturated rings. The van der Waals surface area contributed by atoms with Gasteiger partial charge in [-0.1, -0.05) is 12.2 Å². The third-order valence-electron chi connectivity index (χ3n) is 3.85. The summed E-state index contributed by atoms with van der Waals surface area (Å²) < 4.78 is 4.69. The van der Waals surface area contributed by atoms with E-state index in [1.165, 1.54) is 0 Å². The van der Waals surface area contributed by atoms with E-state index in [0.29, 0.717) is 0 Å². The fourth-order valence-corrected chi connectivity index (χ4v) is 3.06. The molecule has 3 heteroatoms. The summed E-state index contributed by atoms with van der Waals surface area (Å²) in [5, 5.41) is 0. The van der Waals surface area contributed by atoms with Gasteiger partial charge in [-0.2, -0.15) is 0 Å². The average molecular weight is 178 g/mol. The number of esters is 2. The van der Waals surface area contributed by atoms with Crippen molar-refractivity contribution in [1.29, 1.82) is 0 Å². The number of hydrogen-bond acceptors (Lipinski definition) is 3. The molecule has 4 atom stereocenters. The highest BCUT2D eigenvalue weighted by molar-refractivity contribution is 6.00. The zero-order valence-corrected chi connectivity index (χ0v) is 7.32. The maximum absolute atomic E-state index is 11.5. The van der Waals surface area contributed by atoms with Crippen LogP contribution in [-0.2, 0) is 14.3 Å². The lowest BCUT2D eigenvalue weighted by Gasteiger charge is -2.25. The summed E-state index contributed by atoms with van der Waals surface area (Å²) in [6, 6.07) is 0. The Bertz CT molecular complexity index is 344. The Morgan fingerprint density at radius 3 is 2.92 bits per heavy atom. The molecule has 2 aliphatic carbocycles. The molecule has 0 aromatic carbocycles. The third kappa shape index (κ3) is 0.598. The van der Waals surface area contributed by atoms with Gasteiger partial charge >= 0.3 is 11.9 Å². The summed E-state index contributed by atoms with van der Waals surface area (Å²) >= 11 is 0. The molecule has 0 aromatic heterocycles. The van der Waals surface area contributed by atoms with Crippen LogP contribution in [0, 0.1) is 23.2 Å². The summed E-state index contributed by atoms with van der Waals surface area (Å²) in [5.74, 6) is -0.367. The van der Waals surface area contributed by atoms with Gasteiger partial charge in [0.25, 0.3) is 0 Å². The molecule has 68 valence electrons. The topological polar surface area (TPSA) is 43.4 Å². The van der Waals surface area contributed by atoms with Crippen LogP contribution in [0.5, 0.6) is 0 Å². The quantitative estimate of drug-likeness (QED) is 0.314. The highest BCUT2D eigenvalue weighted by Gasteiger charge is 2.66. The normalized spacial score (nSPS) is 51.3. The highest BCUT2D eigenvalue weighted by atomic mass is 16.6. The van der Waals surface area contributed by atoms with Gasteiger partial charge in [0, 0.05) is 0 Å². The van der Waals surface area contributed by atoms with Gasteiger partial charge in [0.2, 0.25) is 0 Å². The van der Waals surface area contributed by atoms with Gasteiger partial charge in [-0.15, -0.1) is 0 Å². The summed E-state index contributed by atoms with van der Waals surface area (Å²) in [4.78, 5) is 22.9. The van der Waals surface area contributed by atoms with Crippen molar-refractivity contribution in [3.8, 4) is 0 Å². The van der Waals surface area contributed by atoms with E-state index < -0.39 is 5.41 Å². The van der Waals surface area contributed by atoms with Crippen LogP contribution in [0.4, 0.5) is 0 Å². The van der Waals surface area contributed by atoms with E-state index in [1.54, 1.807) is 0 Å². The minimum Gasteiger partial charge on any atom is -0.392 e. The van der Waals surface area contributed by atoms with Gasteiger partial charge < -0.3 is 4.74 Å². The Morgan fingerprint density at radius 2 is 2.23 bits per heavy atom. The zero-order valence-electron chi connectivity index (χ0n) is 7.32. The van der Waals surface area contributed by atoms with Crippen molar-refractivity contribution in [3.05, 3.63) is 12.2 Å². The molecule has 0 N–H and O–H groups in total.